The molecule has 0 bridgehead atoms. The summed E-state index contributed by atoms with van der Waals surface area (Å²) in [5.74, 6) is -0.662. The van der Waals surface area contributed by atoms with Crippen molar-refractivity contribution in [3.05, 3.63) is 24.3 Å². The minimum atomic E-state index is -3.52. The van der Waals surface area contributed by atoms with Gasteiger partial charge in [-0.3, -0.25) is 4.79 Å². The van der Waals surface area contributed by atoms with E-state index in [2.05, 4.69) is 10.0 Å². The first-order chi connectivity index (χ1) is 9.44. The highest BCUT2D eigenvalue weighted by atomic mass is 35.5. The first-order valence-corrected chi connectivity index (χ1v) is 7.79. The van der Waals surface area contributed by atoms with E-state index >= 15 is 0 Å². The summed E-state index contributed by atoms with van der Waals surface area (Å²) in [4.78, 5) is 11.6. The molecule has 0 unspecified atom stereocenters. The summed E-state index contributed by atoms with van der Waals surface area (Å²) in [6.07, 6.45) is 0. The molecule has 0 saturated heterocycles. The van der Waals surface area contributed by atoms with Crippen molar-refractivity contribution in [1.29, 1.82) is 0 Å². The van der Waals surface area contributed by atoms with Gasteiger partial charge in [-0.2, -0.15) is 0 Å². The number of halogens is 1. The number of amides is 1. The Morgan fingerprint density at radius 1 is 1.33 bits per heavy atom. The number of para-hydroxylation sites is 2. The van der Waals surface area contributed by atoms with Crippen LogP contribution in [0.5, 0.6) is 0 Å². The number of nitrogens with one attached hydrogen (secondary N) is 2. The molecule has 0 atom stereocenters. The van der Waals surface area contributed by atoms with Crippen LogP contribution in [0.2, 0.25) is 0 Å². The summed E-state index contributed by atoms with van der Waals surface area (Å²) in [7, 11) is -3.52. The maximum Gasteiger partial charge on any atom is 0.239 e. The van der Waals surface area contributed by atoms with Gasteiger partial charge in [-0.05, 0) is 19.1 Å². The second kappa shape index (κ2) is 9.56. The third-order valence-corrected chi connectivity index (χ3v) is 3.68. The topological polar surface area (TPSA) is 111 Å². The molecule has 0 heterocycles. The van der Waals surface area contributed by atoms with E-state index in [-0.39, 0.29) is 31.3 Å². The molecule has 21 heavy (non-hydrogen) atoms. The van der Waals surface area contributed by atoms with Crippen molar-refractivity contribution in [3.8, 4) is 0 Å². The summed E-state index contributed by atoms with van der Waals surface area (Å²) in [6, 6.07) is 6.73. The number of rotatable bonds is 8. The molecule has 9 heteroatoms. The maximum absolute atomic E-state index is 11.6. The van der Waals surface area contributed by atoms with E-state index < -0.39 is 15.9 Å². The van der Waals surface area contributed by atoms with Crippen LogP contribution in [0.15, 0.2) is 24.3 Å². The number of nitrogens with two attached hydrogens (primary N) is 1. The lowest BCUT2D eigenvalue weighted by Gasteiger charge is -2.09. The van der Waals surface area contributed by atoms with Crippen molar-refractivity contribution in [2.45, 2.75) is 6.92 Å². The van der Waals surface area contributed by atoms with Gasteiger partial charge in [0.15, 0.2) is 0 Å². The van der Waals surface area contributed by atoms with Crippen LogP contribution >= 0.6 is 12.4 Å². The molecule has 7 nitrogen and oxygen atoms in total. The summed E-state index contributed by atoms with van der Waals surface area (Å²) in [5.41, 5.74) is 6.53. The molecule has 0 aromatic heterocycles. The van der Waals surface area contributed by atoms with Crippen LogP contribution in [0.1, 0.15) is 6.92 Å². The number of sulfonamides is 1. The first kappa shape index (κ1) is 19.7. The molecule has 0 aliphatic rings. The van der Waals surface area contributed by atoms with Crippen LogP contribution in [0.25, 0.3) is 0 Å². The highest BCUT2D eigenvalue weighted by Crippen LogP contribution is 2.16. The van der Waals surface area contributed by atoms with E-state index in [1.807, 2.05) is 0 Å². The number of benzene rings is 1. The number of carbonyl (C=O) groups excluding carboxylic acids is 1. The van der Waals surface area contributed by atoms with Crippen LogP contribution in [-0.2, 0) is 19.6 Å². The second-order valence-corrected chi connectivity index (χ2v) is 5.90. The molecule has 0 aliphatic heterocycles. The number of carbonyl (C=O) groups is 1. The molecule has 0 fully saturated rings. The van der Waals surface area contributed by atoms with E-state index in [4.69, 9.17) is 10.5 Å². The SMILES string of the molecule is CCOCCS(=O)(=O)NCC(=O)Nc1ccccc1N.Cl. The average molecular weight is 338 g/mol. The van der Waals surface area contributed by atoms with E-state index in [9.17, 15) is 13.2 Å². The van der Waals surface area contributed by atoms with Gasteiger partial charge in [0.25, 0.3) is 0 Å². The fourth-order valence-electron chi connectivity index (χ4n) is 1.37. The largest absolute Gasteiger partial charge is 0.397 e. The predicted molar refractivity (Wildman–Crippen MR) is 85.0 cm³/mol. The third kappa shape index (κ3) is 7.86. The molecular formula is C12H20ClN3O4S. The molecule has 0 spiro atoms. The van der Waals surface area contributed by atoms with Gasteiger partial charge in [0, 0.05) is 6.61 Å². The zero-order valence-electron chi connectivity index (χ0n) is 11.7. The van der Waals surface area contributed by atoms with Gasteiger partial charge in [0.05, 0.1) is 30.3 Å². The van der Waals surface area contributed by atoms with E-state index in [1.54, 1.807) is 31.2 Å². The Labute approximate surface area is 130 Å². The zero-order chi connectivity index (χ0) is 15.0. The van der Waals surface area contributed by atoms with Crippen molar-refractivity contribution in [2.24, 2.45) is 0 Å². The Kier molecular flexibility index (Phi) is 8.95. The smallest absolute Gasteiger partial charge is 0.239 e. The van der Waals surface area contributed by atoms with Crippen LogP contribution in [0.4, 0.5) is 11.4 Å². The molecule has 1 aromatic rings. The highest BCUT2D eigenvalue weighted by Gasteiger charge is 2.12. The van der Waals surface area contributed by atoms with Crippen molar-refractivity contribution in [2.75, 3.05) is 36.6 Å². The van der Waals surface area contributed by atoms with Crippen molar-refractivity contribution in [3.63, 3.8) is 0 Å². The summed E-state index contributed by atoms with van der Waals surface area (Å²) >= 11 is 0. The molecule has 1 amide bonds. The molecule has 1 rings (SSSR count). The van der Waals surface area contributed by atoms with Gasteiger partial charge in [0.2, 0.25) is 15.9 Å². The Balaban J connectivity index is 0.00000400. The van der Waals surface area contributed by atoms with Crippen LogP contribution in [-0.4, -0.2) is 39.8 Å². The van der Waals surface area contributed by atoms with Crippen molar-refractivity contribution >= 4 is 39.7 Å². The number of ether oxygens (including phenoxy) is 1. The highest BCUT2D eigenvalue weighted by molar-refractivity contribution is 7.89. The molecular weight excluding hydrogens is 318 g/mol. The Hall–Kier alpha value is -1.35. The second-order valence-electron chi connectivity index (χ2n) is 3.97. The minimum absolute atomic E-state index is 0. The van der Waals surface area contributed by atoms with E-state index in [1.165, 1.54) is 0 Å². The molecule has 4 N–H and O–H groups in total. The van der Waals surface area contributed by atoms with Gasteiger partial charge < -0.3 is 15.8 Å². The molecule has 120 valence electrons. The predicted octanol–water partition coefficient (Wildman–Crippen LogP) is 0.585. The Bertz CT molecular complexity index is 551. The van der Waals surface area contributed by atoms with Gasteiger partial charge in [-0.1, -0.05) is 12.1 Å². The average Bonchev–Trinajstić information content (AvgIpc) is 2.40. The van der Waals surface area contributed by atoms with E-state index in [0.29, 0.717) is 18.0 Å². The van der Waals surface area contributed by atoms with Crippen LogP contribution in [0, 0.1) is 0 Å². The summed E-state index contributed by atoms with van der Waals surface area (Å²) in [5, 5.41) is 2.53. The fraction of sp³-hybridized carbons (Fsp3) is 0.417. The molecule has 0 radical (unpaired) electrons. The van der Waals surface area contributed by atoms with Crippen LogP contribution < -0.4 is 15.8 Å². The zero-order valence-corrected chi connectivity index (χ0v) is 13.3. The summed E-state index contributed by atoms with van der Waals surface area (Å²) in [6.45, 7) is 1.98. The minimum Gasteiger partial charge on any atom is -0.397 e. The quantitative estimate of drug-likeness (QED) is 0.475. The lowest BCUT2D eigenvalue weighted by Crippen LogP contribution is -2.35. The number of anilines is 2. The number of hydrogen-bond donors (Lipinski definition) is 3. The lowest BCUT2D eigenvalue weighted by atomic mass is 10.2. The van der Waals surface area contributed by atoms with Gasteiger partial charge >= 0.3 is 0 Å². The maximum atomic E-state index is 11.6. The van der Waals surface area contributed by atoms with E-state index in [0.717, 1.165) is 0 Å². The first-order valence-electron chi connectivity index (χ1n) is 6.14. The Morgan fingerprint density at radius 2 is 2.00 bits per heavy atom. The summed E-state index contributed by atoms with van der Waals surface area (Å²) < 4.78 is 30.2. The molecule has 0 aliphatic carbocycles. The van der Waals surface area contributed by atoms with Crippen molar-refractivity contribution in [1.82, 2.24) is 4.72 Å². The van der Waals surface area contributed by atoms with Gasteiger partial charge in [0.1, 0.15) is 0 Å². The molecule has 1 aromatic carbocycles. The van der Waals surface area contributed by atoms with Gasteiger partial charge in [-0.15, -0.1) is 12.4 Å². The third-order valence-electron chi connectivity index (χ3n) is 2.39. The van der Waals surface area contributed by atoms with Gasteiger partial charge in [-0.25, -0.2) is 13.1 Å². The number of nitrogen functional groups attached to an aromatic ring is 1. The standard InChI is InChI=1S/C12H19N3O4S.ClH/c1-2-19-7-8-20(17,18)14-9-12(16)15-11-6-4-3-5-10(11)13;/h3-6,14H,2,7-9,13H2,1H3,(H,15,16);1H. The fourth-order valence-corrected chi connectivity index (χ4v) is 2.20. The Morgan fingerprint density at radius 3 is 2.62 bits per heavy atom. The lowest BCUT2D eigenvalue weighted by molar-refractivity contribution is -0.115. The van der Waals surface area contributed by atoms with Crippen molar-refractivity contribution < 1.29 is 17.9 Å². The van der Waals surface area contributed by atoms with Crippen LogP contribution in [0.3, 0.4) is 0 Å². The monoisotopic (exact) mass is 337 g/mol. The normalized spacial score (nSPS) is 10.7. The number of hydrogen-bond acceptors (Lipinski definition) is 5. The molecule has 0 saturated carbocycles.